The first-order chi connectivity index (χ1) is 17.3. The molecule has 1 saturated carbocycles. The molecule has 4 rings (SSSR count). The van der Waals surface area contributed by atoms with Gasteiger partial charge >= 0.3 is 0 Å². The summed E-state index contributed by atoms with van der Waals surface area (Å²) in [6, 6.07) is 11.1. The fraction of sp³-hybridized carbons (Fsp3) is 0.538. The van der Waals surface area contributed by atoms with E-state index in [2.05, 4.69) is 19.5 Å². The first-order valence-corrected chi connectivity index (χ1v) is 14.6. The van der Waals surface area contributed by atoms with E-state index in [4.69, 9.17) is 4.74 Å². The summed E-state index contributed by atoms with van der Waals surface area (Å²) in [5, 5.41) is 0. The molecule has 1 aliphatic heterocycles. The number of carbonyl (C=O) groups is 1. The highest BCUT2D eigenvalue weighted by atomic mass is 32.2. The largest absolute Gasteiger partial charge is 0.495 e. The van der Waals surface area contributed by atoms with Crippen molar-refractivity contribution in [3.05, 3.63) is 42.6 Å². The summed E-state index contributed by atoms with van der Waals surface area (Å²) in [4.78, 5) is 24.4. The highest BCUT2D eigenvalue weighted by Crippen LogP contribution is 2.32. The first-order valence-electron chi connectivity index (χ1n) is 12.7. The van der Waals surface area contributed by atoms with Crippen LogP contribution in [0.5, 0.6) is 5.75 Å². The average Bonchev–Trinajstić information content (AvgIpc) is 2.89. The number of piperazine rings is 1. The van der Waals surface area contributed by atoms with E-state index in [1.54, 1.807) is 25.4 Å². The molecule has 0 spiro atoms. The van der Waals surface area contributed by atoms with Gasteiger partial charge in [0.15, 0.2) is 0 Å². The number of pyridine rings is 1. The Morgan fingerprint density at radius 3 is 2.50 bits per heavy atom. The standard InChI is InChI=1S/C26H37N5O4S/c1-35-24-20-22(28-36(2,33)34)11-12-23(24)30-17-14-29(15-18-30)16-19-31(25-10-6-7-13-27-25)26(32)21-8-4-3-5-9-21/h6-7,10-13,20-21,28H,3-5,8-9,14-19H2,1-2H3. The molecule has 2 aromatic rings. The number of methoxy groups -OCH3 is 1. The zero-order valence-corrected chi connectivity index (χ0v) is 22.0. The highest BCUT2D eigenvalue weighted by molar-refractivity contribution is 7.92. The van der Waals surface area contributed by atoms with E-state index >= 15 is 0 Å². The van der Waals surface area contributed by atoms with Crippen LogP contribution in [0.3, 0.4) is 0 Å². The molecule has 0 radical (unpaired) electrons. The molecule has 1 N–H and O–H groups in total. The van der Waals surface area contributed by atoms with Gasteiger partial charge in [0, 0.05) is 57.4 Å². The van der Waals surface area contributed by atoms with Crippen molar-refractivity contribution >= 4 is 33.1 Å². The Labute approximate surface area is 214 Å². The summed E-state index contributed by atoms with van der Waals surface area (Å²) in [6.07, 6.45) is 8.30. The molecular weight excluding hydrogens is 478 g/mol. The lowest BCUT2D eigenvalue weighted by atomic mass is 9.88. The van der Waals surface area contributed by atoms with Crippen molar-refractivity contribution in [1.29, 1.82) is 0 Å². The van der Waals surface area contributed by atoms with E-state index in [0.29, 0.717) is 18.0 Å². The molecule has 2 fully saturated rings. The number of nitrogens with zero attached hydrogens (tertiary/aromatic N) is 4. The third kappa shape index (κ3) is 6.88. The van der Waals surface area contributed by atoms with Crippen LogP contribution in [-0.2, 0) is 14.8 Å². The van der Waals surface area contributed by atoms with Gasteiger partial charge < -0.3 is 9.64 Å². The van der Waals surface area contributed by atoms with Crippen molar-refractivity contribution in [2.75, 3.05) is 67.2 Å². The molecule has 1 saturated heterocycles. The number of hydrogen-bond donors (Lipinski definition) is 1. The summed E-state index contributed by atoms with van der Waals surface area (Å²) in [5.74, 6) is 1.68. The smallest absolute Gasteiger partial charge is 0.231 e. The van der Waals surface area contributed by atoms with Crippen molar-refractivity contribution in [2.24, 2.45) is 5.92 Å². The van der Waals surface area contributed by atoms with Gasteiger partial charge in [-0.25, -0.2) is 13.4 Å². The number of benzene rings is 1. The lowest BCUT2D eigenvalue weighted by molar-refractivity contribution is -0.123. The topological polar surface area (TPSA) is 95.1 Å². The predicted octanol–water partition coefficient (Wildman–Crippen LogP) is 3.20. The fourth-order valence-corrected chi connectivity index (χ4v) is 5.65. The quantitative estimate of drug-likeness (QED) is 0.548. The van der Waals surface area contributed by atoms with Crippen molar-refractivity contribution in [1.82, 2.24) is 9.88 Å². The number of ether oxygens (including phenoxy) is 1. The number of nitrogens with one attached hydrogen (secondary N) is 1. The van der Waals surface area contributed by atoms with Crippen molar-refractivity contribution in [3.8, 4) is 5.75 Å². The van der Waals surface area contributed by atoms with Gasteiger partial charge in [0.2, 0.25) is 15.9 Å². The van der Waals surface area contributed by atoms with Gasteiger partial charge in [-0.3, -0.25) is 19.3 Å². The minimum Gasteiger partial charge on any atom is -0.495 e. The van der Waals surface area contributed by atoms with Crippen LogP contribution >= 0.6 is 0 Å². The lowest BCUT2D eigenvalue weighted by Gasteiger charge is -2.38. The average molecular weight is 516 g/mol. The maximum absolute atomic E-state index is 13.4. The van der Waals surface area contributed by atoms with E-state index in [1.807, 2.05) is 29.2 Å². The summed E-state index contributed by atoms with van der Waals surface area (Å²) >= 11 is 0. The normalized spacial score (nSPS) is 17.6. The minimum atomic E-state index is -3.35. The molecule has 196 valence electrons. The second kappa shape index (κ2) is 11.9. The predicted molar refractivity (Wildman–Crippen MR) is 143 cm³/mol. The maximum Gasteiger partial charge on any atom is 0.231 e. The molecule has 0 unspecified atom stereocenters. The third-order valence-electron chi connectivity index (χ3n) is 6.98. The summed E-state index contributed by atoms with van der Waals surface area (Å²) in [7, 11) is -1.76. The fourth-order valence-electron chi connectivity index (χ4n) is 5.09. The maximum atomic E-state index is 13.4. The van der Waals surface area contributed by atoms with Crippen LogP contribution in [0.25, 0.3) is 0 Å². The SMILES string of the molecule is COc1cc(NS(C)(=O)=O)ccc1N1CCN(CCN(C(=O)C2CCCCC2)c2ccccn2)CC1. The van der Waals surface area contributed by atoms with E-state index in [9.17, 15) is 13.2 Å². The minimum absolute atomic E-state index is 0.102. The zero-order valence-electron chi connectivity index (χ0n) is 21.2. The number of rotatable bonds is 9. The molecule has 1 aromatic carbocycles. The summed E-state index contributed by atoms with van der Waals surface area (Å²) < 4.78 is 31.2. The van der Waals surface area contributed by atoms with Gasteiger partial charge in [-0.15, -0.1) is 0 Å². The van der Waals surface area contributed by atoms with Gasteiger partial charge in [0.1, 0.15) is 11.6 Å². The van der Waals surface area contributed by atoms with Crippen LogP contribution in [0.15, 0.2) is 42.6 Å². The van der Waals surface area contributed by atoms with Gasteiger partial charge in [-0.05, 0) is 37.1 Å². The van der Waals surface area contributed by atoms with Crippen LogP contribution in [0.2, 0.25) is 0 Å². The molecule has 10 heteroatoms. The van der Waals surface area contributed by atoms with Crippen LogP contribution < -0.4 is 19.3 Å². The Kier molecular flexibility index (Phi) is 8.68. The Morgan fingerprint density at radius 1 is 1.11 bits per heavy atom. The summed E-state index contributed by atoms with van der Waals surface area (Å²) in [5.41, 5.74) is 1.42. The van der Waals surface area contributed by atoms with E-state index in [1.165, 1.54) is 6.42 Å². The molecular formula is C26H37N5O4S. The van der Waals surface area contributed by atoms with E-state index in [0.717, 1.165) is 76.2 Å². The van der Waals surface area contributed by atoms with Crippen molar-refractivity contribution in [3.63, 3.8) is 0 Å². The molecule has 9 nitrogen and oxygen atoms in total. The van der Waals surface area contributed by atoms with Crippen molar-refractivity contribution in [2.45, 2.75) is 32.1 Å². The van der Waals surface area contributed by atoms with E-state index < -0.39 is 10.0 Å². The monoisotopic (exact) mass is 515 g/mol. The second-order valence-electron chi connectivity index (χ2n) is 9.60. The number of sulfonamides is 1. The Morgan fingerprint density at radius 2 is 1.86 bits per heavy atom. The summed E-state index contributed by atoms with van der Waals surface area (Å²) in [6.45, 7) is 4.77. The van der Waals surface area contributed by atoms with Gasteiger partial charge in [-0.1, -0.05) is 25.3 Å². The number of hydrogen-bond acceptors (Lipinski definition) is 7. The number of carbonyl (C=O) groups excluding carboxylic acids is 1. The van der Waals surface area contributed by atoms with E-state index in [-0.39, 0.29) is 11.8 Å². The van der Waals surface area contributed by atoms with Gasteiger partial charge in [-0.2, -0.15) is 0 Å². The Hall–Kier alpha value is -2.85. The highest BCUT2D eigenvalue weighted by Gasteiger charge is 2.28. The second-order valence-corrected chi connectivity index (χ2v) is 11.4. The molecule has 2 heterocycles. The molecule has 1 aromatic heterocycles. The number of anilines is 3. The van der Waals surface area contributed by atoms with Crippen LogP contribution in [0.1, 0.15) is 32.1 Å². The molecule has 1 aliphatic carbocycles. The molecule has 2 aliphatic rings. The zero-order chi connectivity index (χ0) is 25.5. The molecule has 0 bridgehead atoms. The van der Waals surface area contributed by atoms with Crippen LogP contribution in [0, 0.1) is 5.92 Å². The van der Waals surface area contributed by atoms with Crippen LogP contribution in [0.4, 0.5) is 17.2 Å². The number of aromatic nitrogens is 1. The number of amides is 1. The van der Waals surface area contributed by atoms with Crippen LogP contribution in [-0.4, -0.2) is 76.8 Å². The molecule has 36 heavy (non-hydrogen) atoms. The Balaban J connectivity index is 1.36. The Bertz CT molecular complexity index is 1110. The molecule has 0 atom stereocenters. The lowest BCUT2D eigenvalue weighted by Crippen LogP contribution is -2.50. The first kappa shape index (κ1) is 26.2. The van der Waals surface area contributed by atoms with Gasteiger partial charge in [0.25, 0.3) is 0 Å². The third-order valence-corrected chi connectivity index (χ3v) is 7.59. The molecule has 1 amide bonds. The van der Waals surface area contributed by atoms with Crippen molar-refractivity contribution < 1.29 is 17.9 Å². The van der Waals surface area contributed by atoms with Gasteiger partial charge in [0.05, 0.1) is 24.7 Å².